The lowest BCUT2D eigenvalue weighted by atomic mass is 10.1. The first-order valence-electron chi connectivity index (χ1n) is 8.60. The molecule has 5 heteroatoms. The lowest BCUT2D eigenvalue weighted by molar-refractivity contribution is 0.208. The number of anilines is 2. The topological polar surface area (TPSA) is 44.8 Å². The minimum atomic E-state index is -0.0786. The first kappa shape index (κ1) is 17.1. The lowest BCUT2D eigenvalue weighted by Gasteiger charge is -2.37. The Morgan fingerprint density at radius 3 is 2.44 bits per heavy atom. The molecule has 2 amide bonds. The van der Waals surface area contributed by atoms with Crippen LogP contribution in [0.15, 0.2) is 42.5 Å². The first-order chi connectivity index (χ1) is 12.1. The maximum absolute atomic E-state index is 12.5. The lowest BCUT2D eigenvalue weighted by Crippen LogP contribution is -2.50. The molecule has 3 rings (SSSR count). The highest BCUT2D eigenvalue weighted by Crippen LogP contribution is 2.25. The van der Waals surface area contributed by atoms with E-state index in [1.165, 1.54) is 16.8 Å². The molecule has 1 N–H and O–H groups in total. The molecule has 0 saturated carbocycles. The van der Waals surface area contributed by atoms with Crippen LogP contribution in [-0.2, 0) is 0 Å². The summed E-state index contributed by atoms with van der Waals surface area (Å²) in [5, 5.41) is 2.95. The maximum Gasteiger partial charge on any atom is 0.322 e. The van der Waals surface area contributed by atoms with E-state index in [1.54, 1.807) is 7.11 Å². The molecule has 0 aromatic heterocycles. The Morgan fingerprint density at radius 2 is 1.72 bits per heavy atom. The Kier molecular flexibility index (Phi) is 5.12. The molecule has 1 aliphatic heterocycles. The molecule has 1 saturated heterocycles. The number of nitrogens with zero attached hydrogens (tertiary/aromatic N) is 2. The largest absolute Gasteiger partial charge is 0.495 e. The summed E-state index contributed by atoms with van der Waals surface area (Å²) in [6, 6.07) is 13.8. The summed E-state index contributed by atoms with van der Waals surface area (Å²) in [6.07, 6.45) is 0. The van der Waals surface area contributed by atoms with Gasteiger partial charge in [-0.25, -0.2) is 4.79 Å². The van der Waals surface area contributed by atoms with Crippen LogP contribution in [0.1, 0.15) is 11.1 Å². The summed E-state index contributed by atoms with van der Waals surface area (Å²) in [6.45, 7) is 7.37. The number of rotatable bonds is 3. The van der Waals surface area contributed by atoms with Gasteiger partial charge in [-0.15, -0.1) is 0 Å². The zero-order valence-corrected chi connectivity index (χ0v) is 15.1. The monoisotopic (exact) mass is 339 g/mol. The molecule has 1 heterocycles. The Balaban J connectivity index is 1.62. The number of amides is 2. The second-order valence-corrected chi connectivity index (χ2v) is 6.32. The van der Waals surface area contributed by atoms with Crippen molar-refractivity contribution >= 4 is 17.4 Å². The maximum atomic E-state index is 12.5. The fourth-order valence-electron chi connectivity index (χ4n) is 3.17. The number of aryl methyl sites for hydroxylation is 1. The highest BCUT2D eigenvalue weighted by Gasteiger charge is 2.22. The van der Waals surface area contributed by atoms with E-state index >= 15 is 0 Å². The molecule has 0 atom stereocenters. The smallest absolute Gasteiger partial charge is 0.322 e. The third kappa shape index (κ3) is 3.71. The molecule has 132 valence electrons. The number of urea groups is 1. The summed E-state index contributed by atoms with van der Waals surface area (Å²) in [4.78, 5) is 16.8. The van der Waals surface area contributed by atoms with Gasteiger partial charge in [-0.2, -0.15) is 0 Å². The number of ether oxygens (including phenoxy) is 1. The van der Waals surface area contributed by atoms with Crippen molar-refractivity contribution in [2.75, 3.05) is 43.5 Å². The number of carbonyl (C=O) groups excluding carboxylic acids is 1. The van der Waals surface area contributed by atoms with Crippen molar-refractivity contribution in [2.24, 2.45) is 0 Å². The molecular formula is C20H25N3O2. The number of para-hydroxylation sites is 2. The summed E-state index contributed by atoms with van der Waals surface area (Å²) in [5.41, 5.74) is 4.58. The average molecular weight is 339 g/mol. The van der Waals surface area contributed by atoms with E-state index in [4.69, 9.17) is 4.74 Å². The van der Waals surface area contributed by atoms with Gasteiger partial charge in [-0.05, 0) is 43.2 Å². The van der Waals surface area contributed by atoms with Crippen molar-refractivity contribution in [3.63, 3.8) is 0 Å². The first-order valence-corrected chi connectivity index (χ1v) is 8.60. The van der Waals surface area contributed by atoms with Crippen LogP contribution in [0.2, 0.25) is 0 Å². The Morgan fingerprint density at radius 1 is 1.00 bits per heavy atom. The minimum absolute atomic E-state index is 0.0786. The summed E-state index contributed by atoms with van der Waals surface area (Å²) >= 11 is 0. The zero-order valence-electron chi connectivity index (χ0n) is 15.1. The van der Waals surface area contributed by atoms with Gasteiger partial charge in [0.15, 0.2) is 0 Å². The number of piperazine rings is 1. The predicted octanol–water partition coefficient (Wildman–Crippen LogP) is 3.67. The Labute approximate surface area is 149 Å². The second kappa shape index (κ2) is 7.47. The quantitative estimate of drug-likeness (QED) is 0.928. The number of nitrogens with one attached hydrogen (secondary N) is 1. The number of carbonyl (C=O) groups is 1. The highest BCUT2D eigenvalue weighted by atomic mass is 16.5. The fourth-order valence-corrected chi connectivity index (χ4v) is 3.17. The van der Waals surface area contributed by atoms with Crippen LogP contribution < -0.4 is 15.0 Å². The molecule has 0 radical (unpaired) electrons. The molecule has 2 aromatic carbocycles. The van der Waals surface area contributed by atoms with E-state index in [2.05, 4.69) is 42.3 Å². The van der Waals surface area contributed by atoms with E-state index < -0.39 is 0 Å². The van der Waals surface area contributed by atoms with Gasteiger partial charge in [0.2, 0.25) is 0 Å². The van der Waals surface area contributed by atoms with E-state index in [-0.39, 0.29) is 6.03 Å². The molecule has 0 bridgehead atoms. The van der Waals surface area contributed by atoms with Crippen molar-refractivity contribution in [3.8, 4) is 5.75 Å². The van der Waals surface area contributed by atoms with E-state index in [0.717, 1.165) is 13.1 Å². The van der Waals surface area contributed by atoms with E-state index in [0.29, 0.717) is 24.5 Å². The van der Waals surface area contributed by atoms with Crippen LogP contribution in [0.4, 0.5) is 16.2 Å². The molecule has 5 nitrogen and oxygen atoms in total. The summed E-state index contributed by atoms with van der Waals surface area (Å²) in [5.74, 6) is 0.671. The van der Waals surface area contributed by atoms with E-state index in [9.17, 15) is 4.79 Å². The number of benzene rings is 2. The van der Waals surface area contributed by atoms with Gasteiger partial charge in [0, 0.05) is 31.9 Å². The Bertz CT molecular complexity index is 752. The average Bonchev–Trinajstić information content (AvgIpc) is 2.64. The van der Waals surface area contributed by atoms with Crippen molar-refractivity contribution in [1.82, 2.24) is 4.90 Å². The molecule has 0 aliphatic carbocycles. The van der Waals surface area contributed by atoms with Gasteiger partial charge in [-0.1, -0.05) is 24.3 Å². The molecule has 1 fully saturated rings. The van der Waals surface area contributed by atoms with Crippen LogP contribution in [0, 0.1) is 13.8 Å². The van der Waals surface area contributed by atoms with Crippen LogP contribution in [0.3, 0.4) is 0 Å². The van der Waals surface area contributed by atoms with Crippen molar-refractivity contribution < 1.29 is 9.53 Å². The van der Waals surface area contributed by atoms with Crippen molar-refractivity contribution in [2.45, 2.75) is 13.8 Å². The SMILES string of the molecule is COc1ccccc1NC(=O)N1CCN(c2cccc(C)c2C)CC1. The van der Waals surface area contributed by atoms with Gasteiger partial charge >= 0.3 is 6.03 Å². The van der Waals surface area contributed by atoms with Crippen LogP contribution in [0.25, 0.3) is 0 Å². The highest BCUT2D eigenvalue weighted by molar-refractivity contribution is 5.91. The second-order valence-electron chi connectivity index (χ2n) is 6.32. The van der Waals surface area contributed by atoms with E-state index in [1.807, 2.05) is 29.2 Å². The predicted molar refractivity (Wildman–Crippen MR) is 102 cm³/mol. The standard InChI is InChI=1S/C20H25N3O2/c1-15-7-6-9-18(16(15)2)22-11-13-23(14-12-22)20(24)21-17-8-4-5-10-19(17)25-3/h4-10H,11-14H2,1-3H3,(H,21,24). The van der Waals surface area contributed by atoms with Crippen LogP contribution in [-0.4, -0.2) is 44.2 Å². The normalized spacial score (nSPS) is 14.4. The molecule has 0 unspecified atom stereocenters. The molecule has 0 spiro atoms. The molecule has 25 heavy (non-hydrogen) atoms. The number of hydrogen-bond donors (Lipinski definition) is 1. The number of methoxy groups -OCH3 is 1. The molecule has 1 aliphatic rings. The van der Waals surface area contributed by atoms with Gasteiger partial charge in [0.05, 0.1) is 12.8 Å². The van der Waals surface area contributed by atoms with Crippen molar-refractivity contribution in [1.29, 1.82) is 0 Å². The Hall–Kier alpha value is -2.69. The summed E-state index contributed by atoms with van der Waals surface area (Å²) < 4.78 is 5.29. The fraction of sp³-hybridized carbons (Fsp3) is 0.350. The zero-order chi connectivity index (χ0) is 17.8. The third-order valence-corrected chi connectivity index (χ3v) is 4.83. The molecular weight excluding hydrogens is 314 g/mol. The van der Waals surface area contributed by atoms with Gasteiger partial charge in [0.25, 0.3) is 0 Å². The molecule has 2 aromatic rings. The van der Waals surface area contributed by atoms with Gasteiger partial charge < -0.3 is 19.9 Å². The minimum Gasteiger partial charge on any atom is -0.495 e. The van der Waals surface area contributed by atoms with Gasteiger partial charge in [-0.3, -0.25) is 0 Å². The van der Waals surface area contributed by atoms with Crippen molar-refractivity contribution in [3.05, 3.63) is 53.6 Å². The van der Waals surface area contributed by atoms with Gasteiger partial charge in [0.1, 0.15) is 5.75 Å². The van der Waals surface area contributed by atoms with Crippen LogP contribution in [0.5, 0.6) is 5.75 Å². The summed E-state index contributed by atoms with van der Waals surface area (Å²) in [7, 11) is 1.61. The number of hydrogen-bond acceptors (Lipinski definition) is 3. The van der Waals surface area contributed by atoms with Crippen LogP contribution >= 0.6 is 0 Å². The third-order valence-electron chi connectivity index (χ3n) is 4.83.